The van der Waals surface area contributed by atoms with Crippen molar-refractivity contribution < 1.29 is 19.0 Å². The summed E-state index contributed by atoms with van der Waals surface area (Å²) in [7, 11) is 1.85. The van der Waals surface area contributed by atoms with E-state index in [1.54, 1.807) is 0 Å². The summed E-state index contributed by atoms with van der Waals surface area (Å²) in [5.41, 5.74) is 5.50. The molecule has 1 aliphatic rings. The monoisotopic (exact) mass is 500 g/mol. The third-order valence-corrected chi connectivity index (χ3v) is 8.00. The molecule has 0 saturated carbocycles. The predicted molar refractivity (Wildman–Crippen MR) is 150 cm³/mol. The summed E-state index contributed by atoms with van der Waals surface area (Å²) in [5, 5.41) is 0. The van der Waals surface area contributed by atoms with Crippen molar-refractivity contribution in [3.05, 3.63) is 33.9 Å². The minimum Gasteiger partial charge on any atom is -0.487 e. The number of methoxy groups -OCH3 is 1. The first kappa shape index (κ1) is 30.4. The lowest BCUT2D eigenvalue weighted by Gasteiger charge is -2.38. The second-order valence-corrected chi connectivity index (χ2v) is 12.0. The zero-order valence-corrected chi connectivity index (χ0v) is 24.8. The normalized spacial score (nSPS) is 19.6. The number of carbonyl (C=O) groups excluding carboxylic acids is 1. The van der Waals surface area contributed by atoms with Crippen LogP contribution in [-0.4, -0.2) is 24.8 Å². The van der Waals surface area contributed by atoms with Gasteiger partial charge in [0.2, 0.25) is 0 Å². The maximum absolute atomic E-state index is 11.6. The average molecular weight is 501 g/mol. The van der Waals surface area contributed by atoms with Gasteiger partial charge in [-0.25, -0.2) is 0 Å². The van der Waals surface area contributed by atoms with Crippen molar-refractivity contribution in [2.75, 3.05) is 7.11 Å². The maximum atomic E-state index is 11.6. The van der Waals surface area contributed by atoms with Crippen molar-refractivity contribution >= 4 is 5.97 Å². The van der Waals surface area contributed by atoms with Crippen LogP contribution in [0.3, 0.4) is 0 Å². The van der Waals surface area contributed by atoms with Crippen LogP contribution in [0.15, 0.2) is 11.6 Å². The number of allylic oxidation sites excluding steroid dienone is 1. The van der Waals surface area contributed by atoms with Gasteiger partial charge in [0.15, 0.2) is 0 Å². The van der Waals surface area contributed by atoms with Crippen LogP contribution in [0.2, 0.25) is 0 Å². The van der Waals surface area contributed by atoms with Crippen molar-refractivity contribution in [3.63, 3.8) is 0 Å². The van der Waals surface area contributed by atoms with Gasteiger partial charge in [-0.15, -0.1) is 0 Å². The van der Waals surface area contributed by atoms with Crippen LogP contribution in [-0.2, 0) is 16.0 Å². The highest BCUT2D eigenvalue weighted by molar-refractivity contribution is 5.72. The van der Waals surface area contributed by atoms with Gasteiger partial charge in [0.25, 0.3) is 0 Å². The third kappa shape index (κ3) is 8.64. The maximum Gasteiger partial charge on any atom is 0.308 e. The molecule has 1 heterocycles. The molecular formula is C32H52O4. The Bertz CT molecular complexity index is 913. The fourth-order valence-electron chi connectivity index (χ4n) is 5.52. The van der Waals surface area contributed by atoms with Gasteiger partial charge in [0.05, 0.1) is 6.10 Å². The molecule has 0 aliphatic carbocycles. The molecule has 0 radical (unpaired) electrons. The molecular weight excluding hydrogens is 448 g/mol. The first-order chi connectivity index (χ1) is 16.9. The van der Waals surface area contributed by atoms with Gasteiger partial charge in [-0.05, 0) is 102 Å². The number of ether oxygens (including phenoxy) is 3. The molecule has 0 fully saturated rings. The molecule has 0 N–H and O–H groups in total. The lowest BCUT2D eigenvalue weighted by atomic mass is 9.84. The molecule has 3 atom stereocenters. The Labute approximate surface area is 221 Å². The van der Waals surface area contributed by atoms with Gasteiger partial charge in [0.1, 0.15) is 17.1 Å². The number of fused-ring (bicyclic) bond motifs is 1. The van der Waals surface area contributed by atoms with Crippen molar-refractivity contribution in [2.24, 2.45) is 11.8 Å². The first-order valence-electron chi connectivity index (χ1n) is 14.0. The lowest BCUT2D eigenvalue weighted by molar-refractivity contribution is -0.132. The molecule has 1 aromatic carbocycles. The number of hydrogen-bond donors (Lipinski definition) is 0. The van der Waals surface area contributed by atoms with Gasteiger partial charge in [-0.3, -0.25) is 4.79 Å². The summed E-state index contributed by atoms with van der Waals surface area (Å²) in [4.78, 5) is 11.6. The zero-order chi connectivity index (χ0) is 27.0. The Morgan fingerprint density at radius 2 is 1.78 bits per heavy atom. The van der Waals surface area contributed by atoms with Crippen LogP contribution in [0, 0.1) is 32.6 Å². The topological polar surface area (TPSA) is 44.8 Å². The number of carbonyl (C=O) groups is 1. The summed E-state index contributed by atoms with van der Waals surface area (Å²) >= 11 is 0. The standard InChI is InChI=1S/C32H52O4/c1-21(2)13-11-14-22(3)19-28(34-10)20-23(4)15-12-17-32(9)18-16-29-26(7)30(35-27(8)33)24(5)25(6)31(29)36-32/h15,21-22,28H,11-14,16-20H2,1-10H3. The molecule has 0 spiro atoms. The second kappa shape index (κ2) is 13.7. The first-order valence-corrected chi connectivity index (χ1v) is 14.0. The quantitative estimate of drug-likeness (QED) is 0.154. The fourth-order valence-corrected chi connectivity index (χ4v) is 5.52. The largest absolute Gasteiger partial charge is 0.487 e. The van der Waals surface area contributed by atoms with E-state index in [1.165, 1.54) is 37.3 Å². The summed E-state index contributed by atoms with van der Waals surface area (Å²) < 4.78 is 18.1. The number of rotatable bonds is 13. The molecule has 3 unspecified atom stereocenters. The molecule has 0 bridgehead atoms. The number of benzene rings is 1. The average Bonchev–Trinajstić information content (AvgIpc) is 2.79. The van der Waals surface area contributed by atoms with E-state index >= 15 is 0 Å². The van der Waals surface area contributed by atoms with Crippen LogP contribution in [0.25, 0.3) is 0 Å². The smallest absolute Gasteiger partial charge is 0.308 e. The highest BCUT2D eigenvalue weighted by Gasteiger charge is 2.34. The number of hydrogen-bond acceptors (Lipinski definition) is 4. The van der Waals surface area contributed by atoms with E-state index in [-0.39, 0.29) is 11.6 Å². The van der Waals surface area contributed by atoms with Gasteiger partial charge in [0, 0.05) is 19.6 Å². The van der Waals surface area contributed by atoms with E-state index in [1.807, 2.05) is 21.0 Å². The molecule has 4 nitrogen and oxygen atoms in total. The Balaban J connectivity index is 1.96. The van der Waals surface area contributed by atoms with E-state index in [4.69, 9.17) is 14.2 Å². The highest BCUT2D eigenvalue weighted by atomic mass is 16.5. The van der Waals surface area contributed by atoms with Crippen LogP contribution in [0.4, 0.5) is 0 Å². The van der Waals surface area contributed by atoms with Gasteiger partial charge < -0.3 is 14.2 Å². The van der Waals surface area contributed by atoms with E-state index < -0.39 is 0 Å². The highest BCUT2D eigenvalue weighted by Crippen LogP contribution is 2.44. The predicted octanol–water partition coefficient (Wildman–Crippen LogP) is 8.60. The van der Waals surface area contributed by atoms with Crippen molar-refractivity contribution in [1.82, 2.24) is 0 Å². The van der Waals surface area contributed by atoms with E-state index in [0.29, 0.717) is 17.8 Å². The SMILES string of the molecule is COC(CC(C)=CCCC1(C)CCc2c(C)c(OC(C)=O)c(C)c(C)c2O1)CC(C)CCCC(C)C. The third-order valence-electron chi connectivity index (χ3n) is 8.00. The van der Waals surface area contributed by atoms with Crippen LogP contribution < -0.4 is 9.47 Å². The molecule has 36 heavy (non-hydrogen) atoms. The van der Waals surface area contributed by atoms with Crippen LogP contribution >= 0.6 is 0 Å². The summed E-state index contributed by atoms with van der Waals surface area (Å²) in [6.07, 6.45) is 12.6. The Morgan fingerprint density at radius 1 is 1.08 bits per heavy atom. The van der Waals surface area contributed by atoms with Gasteiger partial charge in [-0.1, -0.05) is 51.7 Å². The van der Waals surface area contributed by atoms with Crippen molar-refractivity contribution in [1.29, 1.82) is 0 Å². The minimum absolute atomic E-state index is 0.193. The molecule has 204 valence electrons. The Hall–Kier alpha value is -1.81. The summed E-state index contributed by atoms with van der Waals surface area (Å²) in [6.45, 7) is 19.0. The Morgan fingerprint density at radius 3 is 2.39 bits per heavy atom. The molecule has 0 aromatic heterocycles. The second-order valence-electron chi connectivity index (χ2n) is 12.0. The fraction of sp³-hybridized carbons (Fsp3) is 0.719. The van der Waals surface area contributed by atoms with Crippen molar-refractivity contribution in [2.45, 2.75) is 132 Å². The Kier molecular flexibility index (Phi) is 11.5. The molecule has 1 aromatic rings. The molecule has 0 amide bonds. The van der Waals surface area contributed by atoms with E-state index in [9.17, 15) is 4.79 Å². The molecule has 2 rings (SSSR count). The zero-order valence-electron chi connectivity index (χ0n) is 24.8. The minimum atomic E-state index is -0.277. The van der Waals surface area contributed by atoms with Crippen LogP contribution in [0.1, 0.15) is 115 Å². The number of esters is 1. The van der Waals surface area contributed by atoms with Crippen molar-refractivity contribution in [3.8, 4) is 11.5 Å². The van der Waals surface area contributed by atoms with Crippen LogP contribution in [0.5, 0.6) is 11.5 Å². The lowest BCUT2D eigenvalue weighted by Crippen LogP contribution is -2.37. The van der Waals surface area contributed by atoms with Gasteiger partial charge >= 0.3 is 5.97 Å². The van der Waals surface area contributed by atoms with E-state index in [2.05, 4.69) is 47.6 Å². The molecule has 1 aliphatic heterocycles. The summed E-state index contributed by atoms with van der Waals surface area (Å²) in [5.74, 6) is 2.90. The summed E-state index contributed by atoms with van der Waals surface area (Å²) in [6, 6.07) is 0. The van der Waals surface area contributed by atoms with Gasteiger partial charge in [-0.2, -0.15) is 0 Å². The van der Waals surface area contributed by atoms with E-state index in [0.717, 1.165) is 66.9 Å². The molecule has 0 saturated heterocycles. The molecule has 4 heteroatoms.